The number of hydrogen-bond donors (Lipinski definition) is 1. The van der Waals surface area contributed by atoms with E-state index in [0.29, 0.717) is 17.2 Å². The molecule has 2 aromatic rings. The largest absolute Gasteiger partial charge is 0.382 e. The smallest absolute Gasteiger partial charge is 0.255 e. The lowest BCUT2D eigenvalue weighted by molar-refractivity contribution is 0.0602. The number of ether oxygens (including phenoxy) is 1. The summed E-state index contributed by atoms with van der Waals surface area (Å²) in [5.41, 5.74) is 1.09. The van der Waals surface area contributed by atoms with E-state index >= 15 is 0 Å². The van der Waals surface area contributed by atoms with Gasteiger partial charge in [0.2, 0.25) is 5.56 Å². The topological polar surface area (TPSA) is 62.4 Å². The number of pyridine rings is 1. The summed E-state index contributed by atoms with van der Waals surface area (Å²) in [6, 6.07) is 9.86. The summed E-state index contributed by atoms with van der Waals surface area (Å²) in [5, 5.41) is 0.634. The van der Waals surface area contributed by atoms with Gasteiger partial charge in [-0.15, -0.1) is 0 Å². The summed E-state index contributed by atoms with van der Waals surface area (Å²) in [6.07, 6.45) is 1.41. The van der Waals surface area contributed by atoms with Crippen molar-refractivity contribution in [2.24, 2.45) is 0 Å². The van der Waals surface area contributed by atoms with E-state index in [-0.39, 0.29) is 17.5 Å². The maximum absolute atomic E-state index is 12.5. The molecule has 1 amide bonds. The van der Waals surface area contributed by atoms with Crippen molar-refractivity contribution < 1.29 is 9.53 Å². The average Bonchev–Trinajstić information content (AvgIpc) is 2.53. The van der Waals surface area contributed by atoms with E-state index < -0.39 is 0 Å². The van der Waals surface area contributed by atoms with Crippen molar-refractivity contribution in [3.8, 4) is 0 Å². The van der Waals surface area contributed by atoms with Crippen LogP contribution in [0.3, 0.4) is 0 Å². The Balaban J connectivity index is 2.27. The van der Waals surface area contributed by atoms with E-state index in [2.05, 4.69) is 4.98 Å². The Bertz CT molecular complexity index is 677. The van der Waals surface area contributed by atoms with E-state index in [1.807, 2.05) is 12.1 Å². The van der Waals surface area contributed by atoms with E-state index in [1.54, 1.807) is 31.2 Å². The van der Waals surface area contributed by atoms with Crippen LogP contribution in [0.15, 0.2) is 47.4 Å². The van der Waals surface area contributed by atoms with E-state index in [0.717, 1.165) is 5.56 Å². The molecule has 5 nitrogen and oxygen atoms in total. The number of aromatic amines is 1. The first-order chi connectivity index (χ1) is 10.5. The van der Waals surface area contributed by atoms with Crippen LogP contribution in [0.1, 0.15) is 22.0 Å². The minimum atomic E-state index is -0.248. The predicted molar refractivity (Wildman–Crippen MR) is 85.2 cm³/mol. The first-order valence-electron chi connectivity index (χ1n) is 6.73. The molecule has 0 spiro atoms. The van der Waals surface area contributed by atoms with Gasteiger partial charge in [-0.1, -0.05) is 23.7 Å². The minimum Gasteiger partial charge on any atom is -0.382 e. The fourth-order valence-electron chi connectivity index (χ4n) is 2.16. The highest BCUT2D eigenvalue weighted by molar-refractivity contribution is 6.30. The Hall–Kier alpha value is -2.11. The van der Waals surface area contributed by atoms with E-state index in [1.165, 1.54) is 18.3 Å². The van der Waals surface area contributed by atoms with Gasteiger partial charge in [-0.2, -0.15) is 0 Å². The number of aromatic nitrogens is 1. The molecular weight excluding hydrogens is 304 g/mol. The SMILES string of the molecule is COC[C@@H](c1ccc(Cl)cc1)N(C)C(=O)c1ccc(=O)[nH]c1. The van der Waals surface area contributed by atoms with Gasteiger partial charge in [0.15, 0.2) is 0 Å². The normalized spacial score (nSPS) is 12.0. The van der Waals surface area contributed by atoms with Crippen LogP contribution < -0.4 is 5.56 Å². The lowest BCUT2D eigenvalue weighted by atomic mass is 10.1. The summed E-state index contributed by atoms with van der Waals surface area (Å²) in [7, 11) is 3.28. The molecule has 0 saturated heterocycles. The van der Waals surface area contributed by atoms with Gasteiger partial charge in [-0.05, 0) is 23.8 Å². The molecule has 1 aromatic heterocycles. The average molecular weight is 321 g/mol. The molecule has 0 aliphatic carbocycles. The molecule has 0 aliphatic heterocycles. The Morgan fingerprint density at radius 3 is 2.50 bits per heavy atom. The van der Waals surface area contributed by atoms with Crippen molar-refractivity contribution in [2.45, 2.75) is 6.04 Å². The van der Waals surface area contributed by atoms with Crippen molar-refractivity contribution in [1.29, 1.82) is 0 Å². The van der Waals surface area contributed by atoms with E-state index in [4.69, 9.17) is 16.3 Å². The number of methoxy groups -OCH3 is 1. The fraction of sp³-hybridized carbons (Fsp3) is 0.250. The number of halogens is 1. The predicted octanol–water partition coefficient (Wildman–Crippen LogP) is 2.49. The third-order valence-corrected chi connectivity index (χ3v) is 3.65. The maximum Gasteiger partial charge on any atom is 0.255 e. The minimum absolute atomic E-state index is 0.201. The van der Waals surface area contributed by atoms with Gasteiger partial charge in [-0.3, -0.25) is 9.59 Å². The third-order valence-electron chi connectivity index (χ3n) is 3.40. The van der Waals surface area contributed by atoms with Gasteiger partial charge in [0.25, 0.3) is 5.91 Å². The summed E-state index contributed by atoms with van der Waals surface area (Å²) < 4.78 is 5.23. The zero-order valence-electron chi connectivity index (χ0n) is 12.4. The molecule has 1 N–H and O–H groups in total. The number of carbonyl (C=O) groups excluding carboxylic acids is 1. The number of nitrogens with zero attached hydrogens (tertiary/aromatic N) is 1. The third kappa shape index (κ3) is 3.75. The number of rotatable bonds is 5. The Kier molecular flexibility index (Phi) is 5.35. The van der Waals surface area contributed by atoms with Gasteiger partial charge in [0.05, 0.1) is 18.2 Å². The molecule has 1 aromatic carbocycles. The summed E-state index contributed by atoms with van der Waals surface area (Å²) in [4.78, 5) is 27.7. The number of benzene rings is 1. The number of amides is 1. The highest BCUT2D eigenvalue weighted by Gasteiger charge is 2.22. The molecule has 6 heteroatoms. The second-order valence-electron chi connectivity index (χ2n) is 4.88. The molecule has 0 fully saturated rings. The summed E-state index contributed by atoms with van der Waals surface area (Å²) in [6.45, 7) is 0.354. The van der Waals surface area contributed by atoms with Crippen LogP contribution >= 0.6 is 11.6 Å². The van der Waals surface area contributed by atoms with Crippen molar-refractivity contribution in [3.63, 3.8) is 0 Å². The lowest BCUT2D eigenvalue weighted by Gasteiger charge is -2.28. The Labute approximate surface area is 133 Å². The maximum atomic E-state index is 12.5. The molecule has 0 radical (unpaired) electrons. The molecule has 0 unspecified atom stereocenters. The highest BCUT2D eigenvalue weighted by atomic mass is 35.5. The van der Waals surface area contributed by atoms with Gasteiger partial charge in [0, 0.05) is 31.4 Å². The van der Waals surface area contributed by atoms with Crippen LogP contribution in [0, 0.1) is 0 Å². The van der Waals surface area contributed by atoms with Crippen LogP contribution in [-0.2, 0) is 4.74 Å². The molecule has 116 valence electrons. The molecule has 0 aliphatic rings. The number of nitrogens with one attached hydrogen (secondary N) is 1. The van der Waals surface area contributed by atoms with Crippen LogP contribution in [-0.4, -0.2) is 36.6 Å². The Morgan fingerprint density at radius 1 is 1.27 bits per heavy atom. The zero-order valence-corrected chi connectivity index (χ0v) is 13.1. The van der Waals surface area contributed by atoms with Gasteiger partial charge in [0.1, 0.15) is 0 Å². The molecule has 22 heavy (non-hydrogen) atoms. The van der Waals surface area contributed by atoms with Crippen molar-refractivity contribution in [1.82, 2.24) is 9.88 Å². The quantitative estimate of drug-likeness (QED) is 0.920. The van der Waals surface area contributed by atoms with Gasteiger partial charge < -0.3 is 14.6 Å². The first-order valence-corrected chi connectivity index (χ1v) is 7.11. The monoisotopic (exact) mass is 320 g/mol. The second kappa shape index (κ2) is 7.24. The molecule has 1 atom stereocenters. The standard InChI is InChI=1S/C16H17ClN2O3/c1-19(16(21)12-5-8-15(20)18-9-12)14(10-22-2)11-3-6-13(17)7-4-11/h3-9,14H,10H2,1-2H3,(H,18,20)/t14-/m0/s1. The second-order valence-corrected chi connectivity index (χ2v) is 5.32. The molecule has 2 rings (SSSR count). The van der Waals surface area contributed by atoms with Crippen molar-refractivity contribution in [3.05, 3.63) is 69.1 Å². The number of likely N-dealkylation sites (N-methyl/N-ethyl adjacent to an activating group) is 1. The summed E-state index contributed by atoms with van der Waals surface area (Å²) in [5.74, 6) is -0.201. The number of carbonyl (C=O) groups is 1. The number of H-pyrrole nitrogens is 1. The van der Waals surface area contributed by atoms with Gasteiger partial charge in [-0.25, -0.2) is 0 Å². The van der Waals surface area contributed by atoms with Crippen LogP contribution in [0.4, 0.5) is 0 Å². The lowest BCUT2D eigenvalue weighted by Crippen LogP contribution is -2.34. The first kappa shape index (κ1) is 16.3. The molecular formula is C16H17ClN2O3. The molecule has 1 heterocycles. The molecule has 0 bridgehead atoms. The number of hydrogen-bond acceptors (Lipinski definition) is 3. The van der Waals surface area contributed by atoms with Crippen LogP contribution in [0.2, 0.25) is 5.02 Å². The van der Waals surface area contributed by atoms with Crippen molar-refractivity contribution in [2.75, 3.05) is 20.8 Å². The van der Waals surface area contributed by atoms with E-state index in [9.17, 15) is 9.59 Å². The Morgan fingerprint density at radius 2 is 1.95 bits per heavy atom. The van der Waals surface area contributed by atoms with Crippen LogP contribution in [0.25, 0.3) is 0 Å². The van der Waals surface area contributed by atoms with Crippen molar-refractivity contribution >= 4 is 17.5 Å². The summed E-state index contributed by atoms with van der Waals surface area (Å²) >= 11 is 5.90. The zero-order chi connectivity index (χ0) is 16.1. The van der Waals surface area contributed by atoms with Gasteiger partial charge >= 0.3 is 0 Å². The fourth-order valence-corrected chi connectivity index (χ4v) is 2.29. The van der Waals surface area contributed by atoms with Crippen LogP contribution in [0.5, 0.6) is 0 Å². The highest BCUT2D eigenvalue weighted by Crippen LogP contribution is 2.23. The molecule has 0 saturated carbocycles.